The van der Waals surface area contributed by atoms with Gasteiger partial charge in [0.25, 0.3) is 15.9 Å². The van der Waals surface area contributed by atoms with Crippen molar-refractivity contribution in [1.29, 1.82) is 0 Å². The molecule has 0 spiro atoms. The van der Waals surface area contributed by atoms with Crippen LogP contribution in [0.3, 0.4) is 0 Å². The highest BCUT2D eigenvalue weighted by atomic mass is 35.5. The molecule has 8 heteroatoms. The third-order valence-corrected chi connectivity index (χ3v) is 7.15. The molecule has 32 heavy (non-hydrogen) atoms. The van der Waals surface area contributed by atoms with Gasteiger partial charge in [-0.15, -0.1) is 0 Å². The second-order valence-corrected chi connectivity index (χ2v) is 9.82. The summed E-state index contributed by atoms with van der Waals surface area (Å²) in [4.78, 5) is 17.2. The van der Waals surface area contributed by atoms with Gasteiger partial charge in [-0.25, -0.2) is 8.42 Å². The summed E-state index contributed by atoms with van der Waals surface area (Å²) in [5.41, 5.74) is 3.19. The molecule has 3 aromatic carbocycles. The summed E-state index contributed by atoms with van der Waals surface area (Å²) >= 11 is 6.15. The van der Waals surface area contributed by atoms with Crippen molar-refractivity contribution in [3.63, 3.8) is 0 Å². The van der Waals surface area contributed by atoms with E-state index >= 15 is 0 Å². The van der Waals surface area contributed by atoms with Gasteiger partial charge in [0.1, 0.15) is 0 Å². The Balaban J connectivity index is 1.39. The molecule has 3 aromatic rings. The van der Waals surface area contributed by atoms with Crippen molar-refractivity contribution in [2.45, 2.75) is 11.8 Å². The second-order valence-electron chi connectivity index (χ2n) is 7.71. The third kappa shape index (κ3) is 4.89. The molecule has 0 unspecified atom stereocenters. The monoisotopic (exact) mass is 469 g/mol. The number of sulfonamides is 1. The molecule has 4 rings (SSSR count). The largest absolute Gasteiger partial charge is 0.368 e. The van der Waals surface area contributed by atoms with E-state index in [-0.39, 0.29) is 10.8 Å². The van der Waals surface area contributed by atoms with Crippen LogP contribution in [0.5, 0.6) is 0 Å². The van der Waals surface area contributed by atoms with Gasteiger partial charge in [-0.2, -0.15) is 0 Å². The maximum Gasteiger partial charge on any atom is 0.261 e. The van der Waals surface area contributed by atoms with Crippen LogP contribution in [0, 0.1) is 6.92 Å². The minimum atomic E-state index is -3.67. The summed E-state index contributed by atoms with van der Waals surface area (Å²) in [6, 6.07) is 20.5. The van der Waals surface area contributed by atoms with E-state index in [0.29, 0.717) is 29.4 Å². The molecular weight excluding hydrogens is 446 g/mol. The highest BCUT2D eigenvalue weighted by Gasteiger charge is 2.23. The molecule has 1 saturated heterocycles. The zero-order chi connectivity index (χ0) is 22.7. The molecule has 0 saturated carbocycles. The first-order chi connectivity index (χ1) is 15.3. The first-order valence-electron chi connectivity index (χ1n) is 10.3. The van der Waals surface area contributed by atoms with E-state index in [2.05, 4.69) is 16.5 Å². The summed E-state index contributed by atoms with van der Waals surface area (Å²) in [6.07, 6.45) is 0. The molecule has 0 radical (unpaired) electrons. The maximum atomic E-state index is 12.9. The number of aryl methyl sites for hydroxylation is 1. The van der Waals surface area contributed by atoms with E-state index in [1.807, 2.05) is 23.1 Å². The van der Waals surface area contributed by atoms with Gasteiger partial charge < -0.3 is 9.80 Å². The molecule has 6 nitrogen and oxygen atoms in total. The van der Waals surface area contributed by atoms with Crippen LogP contribution in [0.25, 0.3) is 0 Å². The highest BCUT2D eigenvalue weighted by molar-refractivity contribution is 7.92. The lowest BCUT2D eigenvalue weighted by molar-refractivity contribution is 0.0747. The Labute approximate surface area is 193 Å². The molecule has 1 aliphatic rings. The molecular formula is C24H24ClN3O3S. The van der Waals surface area contributed by atoms with Crippen molar-refractivity contribution in [1.82, 2.24) is 4.90 Å². The van der Waals surface area contributed by atoms with Crippen molar-refractivity contribution in [3.8, 4) is 0 Å². The van der Waals surface area contributed by atoms with Crippen LogP contribution in [-0.4, -0.2) is 45.4 Å². The minimum Gasteiger partial charge on any atom is -0.368 e. The van der Waals surface area contributed by atoms with Crippen LogP contribution in [0.2, 0.25) is 5.02 Å². The molecule has 1 N–H and O–H groups in total. The number of hydrogen-bond acceptors (Lipinski definition) is 4. The van der Waals surface area contributed by atoms with E-state index < -0.39 is 10.0 Å². The molecule has 0 bridgehead atoms. The van der Waals surface area contributed by atoms with E-state index in [0.717, 1.165) is 24.3 Å². The van der Waals surface area contributed by atoms with E-state index in [4.69, 9.17) is 11.6 Å². The molecule has 1 heterocycles. The maximum absolute atomic E-state index is 12.9. The summed E-state index contributed by atoms with van der Waals surface area (Å²) in [5.74, 6) is -0.0649. The van der Waals surface area contributed by atoms with Crippen LogP contribution in [0.15, 0.2) is 77.7 Å². The third-order valence-electron chi connectivity index (χ3n) is 5.52. The Hall–Kier alpha value is -3.03. The van der Waals surface area contributed by atoms with Crippen LogP contribution in [0.4, 0.5) is 11.4 Å². The number of anilines is 2. The lowest BCUT2D eigenvalue weighted by Crippen LogP contribution is -2.49. The average Bonchev–Trinajstić information content (AvgIpc) is 2.81. The van der Waals surface area contributed by atoms with E-state index in [1.54, 1.807) is 42.5 Å². The van der Waals surface area contributed by atoms with Crippen molar-refractivity contribution in [2.24, 2.45) is 0 Å². The van der Waals surface area contributed by atoms with Gasteiger partial charge in [0.05, 0.1) is 4.90 Å². The second kappa shape index (κ2) is 9.22. The Morgan fingerprint density at radius 2 is 1.56 bits per heavy atom. The Bertz CT molecular complexity index is 1210. The van der Waals surface area contributed by atoms with Crippen LogP contribution in [-0.2, 0) is 10.0 Å². The summed E-state index contributed by atoms with van der Waals surface area (Å²) in [7, 11) is -3.67. The number of rotatable bonds is 5. The lowest BCUT2D eigenvalue weighted by atomic mass is 10.1. The Morgan fingerprint density at radius 1 is 0.906 bits per heavy atom. The zero-order valence-electron chi connectivity index (χ0n) is 17.7. The average molecular weight is 470 g/mol. The number of carbonyl (C=O) groups excluding carboxylic acids is 1. The topological polar surface area (TPSA) is 69.7 Å². The first kappa shape index (κ1) is 22.2. The van der Waals surface area contributed by atoms with Gasteiger partial charge in [-0.3, -0.25) is 9.52 Å². The standard InChI is InChI=1S/C24H24ClN3O3S/c1-18-7-10-20(25)17-23(18)27-13-15-28(16-14-27)24(29)19-8-11-21(12-9-19)26-32(30,31)22-5-3-2-4-6-22/h2-12,17,26H,13-16H2,1H3. The fourth-order valence-corrected chi connectivity index (χ4v) is 5.00. The van der Waals surface area contributed by atoms with Gasteiger partial charge in [-0.1, -0.05) is 35.9 Å². The Kier molecular flexibility index (Phi) is 6.39. The van der Waals surface area contributed by atoms with Gasteiger partial charge in [0.2, 0.25) is 0 Å². The number of piperazine rings is 1. The molecule has 0 atom stereocenters. The summed E-state index contributed by atoms with van der Waals surface area (Å²) in [5, 5.41) is 0.701. The van der Waals surface area contributed by atoms with Crippen molar-refractivity contribution in [2.75, 3.05) is 35.8 Å². The molecule has 166 valence electrons. The van der Waals surface area contributed by atoms with E-state index in [1.165, 1.54) is 12.1 Å². The van der Waals surface area contributed by atoms with Crippen molar-refractivity contribution >= 4 is 38.9 Å². The first-order valence-corrected chi connectivity index (χ1v) is 12.2. The predicted octanol–water partition coefficient (Wildman–Crippen LogP) is 4.41. The molecule has 0 aromatic heterocycles. The SMILES string of the molecule is Cc1ccc(Cl)cc1N1CCN(C(=O)c2ccc(NS(=O)(=O)c3ccccc3)cc2)CC1. The van der Waals surface area contributed by atoms with Crippen LogP contribution >= 0.6 is 11.6 Å². The normalized spacial score (nSPS) is 14.3. The molecule has 0 aliphatic carbocycles. The number of hydrogen-bond donors (Lipinski definition) is 1. The predicted molar refractivity (Wildman–Crippen MR) is 128 cm³/mol. The number of benzene rings is 3. The van der Waals surface area contributed by atoms with Crippen LogP contribution < -0.4 is 9.62 Å². The number of carbonyl (C=O) groups is 1. The number of halogens is 1. The van der Waals surface area contributed by atoms with Crippen LogP contribution in [0.1, 0.15) is 15.9 Å². The van der Waals surface area contributed by atoms with Crippen molar-refractivity contribution in [3.05, 3.63) is 88.9 Å². The summed E-state index contributed by atoms with van der Waals surface area (Å²) < 4.78 is 27.5. The number of amides is 1. The quantitative estimate of drug-likeness (QED) is 0.600. The fraction of sp³-hybridized carbons (Fsp3) is 0.208. The fourth-order valence-electron chi connectivity index (χ4n) is 3.75. The molecule has 1 fully saturated rings. The van der Waals surface area contributed by atoms with Crippen molar-refractivity contribution < 1.29 is 13.2 Å². The molecule has 1 amide bonds. The van der Waals surface area contributed by atoms with Gasteiger partial charge in [0.15, 0.2) is 0 Å². The van der Waals surface area contributed by atoms with Gasteiger partial charge in [0, 0.05) is 48.1 Å². The van der Waals surface area contributed by atoms with Gasteiger partial charge in [-0.05, 0) is 61.0 Å². The molecule has 1 aliphatic heterocycles. The zero-order valence-corrected chi connectivity index (χ0v) is 19.2. The van der Waals surface area contributed by atoms with E-state index in [9.17, 15) is 13.2 Å². The smallest absolute Gasteiger partial charge is 0.261 e. The minimum absolute atomic E-state index is 0.0649. The number of nitrogens with one attached hydrogen (secondary N) is 1. The Morgan fingerprint density at radius 3 is 2.22 bits per heavy atom. The highest BCUT2D eigenvalue weighted by Crippen LogP contribution is 2.26. The summed E-state index contributed by atoms with van der Waals surface area (Å²) in [6.45, 7) is 4.71. The lowest BCUT2D eigenvalue weighted by Gasteiger charge is -2.37. The van der Waals surface area contributed by atoms with Gasteiger partial charge >= 0.3 is 0 Å². The number of nitrogens with zero attached hydrogens (tertiary/aromatic N) is 2.